The molecule has 7 nitrogen and oxygen atoms in total. The van der Waals surface area contributed by atoms with E-state index < -0.39 is 16.0 Å². The molecule has 0 saturated carbocycles. The Kier molecular flexibility index (Phi) is 5.25. The maximum atomic E-state index is 12.4. The summed E-state index contributed by atoms with van der Waals surface area (Å²) < 4.78 is 27.5. The quantitative estimate of drug-likeness (QED) is 0.698. The Morgan fingerprint density at radius 1 is 1.08 bits per heavy atom. The lowest BCUT2D eigenvalue weighted by Crippen LogP contribution is -2.14. The molecule has 0 fully saturated rings. The first-order chi connectivity index (χ1) is 11.2. The number of sulfonamides is 1. The van der Waals surface area contributed by atoms with Gasteiger partial charge in [-0.3, -0.25) is 9.52 Å². The fourth-order valence-electron chi connectivity index (χ4n) is 1.86. The minimum absolute atomic E-state index is 0.0239. The van der Waals surface area contributed by atoms with Crippen LogP contribution in [-0.2, 0) is 14.8 Å². The first kappa shape index (κ1) is 18.0. The lowest BCUT2D eigenvalue weighted by Gasteiger charge is -2.11. The predicted octanol–water partition coefficient (Wildman–Crippen LogP) is 2.91. The second-order valence-corrected chi connectivity index (χ2v) is 7.35. The summed E-state index contributed by atoms with van der Waals surface area (Å²) in [6, 6.07) is 9.60. The number of benzene rings is 2. The van der Waals surface area contributed by atoms with Crippen LogP contribution in [0.2, 0.25) is 0 Å². The van der Waals surface area contributed by atoms with Gasteiger partial charge < -0.3 is 10.4 Å². The van der Waals surface area contributed by atoms with Gasteiger partial charge in [-0.15, -0.1) is 0 Å². The largest absolute Gasteiger partial charge is 0.478 e. The second kappa shape index (κ2) is 7.02. The summed E-state index contributed by atoms with van der Waals surface area (Å²) >= 11 is 3.18. The third-order valence-electron chi connectivity index (χ3n) is 2.94. The molecular formula is C15H13BrN2O5S. The summed E-state index contributed by atoms with van der Waals surface area (Å²) in [5, 5.41) is 11.5. The fourth-order valence-corrected chi connectivity index (χ4v) is 3.41. The van der Waals surface area contributed by atoms with E-state index in [9.17, 15) is 18.0 Å². The number of amides is 1. The van der Waals surface area contributed by atoms with Crippen LogP contribution in [0.3, 0.4) is 0 Å². The summed E-state index contributed by atoms with van der Waals surface area (Å²) in [4.78, 5) is 21.9. The van der Waals surface area contributed by atoms with Crippen molar-refractivity contribution in [3.8, 4) is 0 Å². The van der Waals surface area contributed by atoms with Crippen LogP contribution in [0.1, 0.15) is 17.3 Å². The topological polar surface area (TPSA) is 113 Å². The molecule has 2 rings (SSSR count). The van der Waals surface area contributed by atoms with E-state index in [4.69, 9.17) is 5.11 Å². The van der Waals surface area contributed by atoms with Crippen LogP contribution >= 0.6 is 15.9 Å². The number of carbonyl (C=O) groups is 2. The molecule has 0 aliphatic heterocycles. The van der Waals surface area contributed by atoms with E-state index in [1.165, 1.54) is 49.4 Å². The molecule has 0 unspecified atom stereocenters. The molecule has 0 spiro atoms. The summed E-state index contributed by atoms with van der Waals surface area (Å²) in [5.74, 6) is -1.43. The van der Waals surface area contributed by atoms with E-state index in [2.05, 4.69) is 26.0 Å². The van der Waals surface area contributed by atoms with Crippen LogP contribution in [0.25, 0.3) is 0 Å². The molecule has 0 aliphatic carbocycles. The lowest BCUT2D eigenvalue weighted by molar-refractivity contribution is -0.114. The minimum Gasteiger partial charge on any atom is -0.478 e. The van der Waals surface area contributed by atoms with E-state index in [1.807, 2.05) is 0 Å². The SMILES string of the molecule is CC(=O)Nc1ccc(S(=O)(=O)Nc2cc(C(=O)O)ccc2Br)cc1. The second-order valence-electron chi connectivity index (χ2n) is 4.81. The highest BCUT2D eigenvalue weighted by molar-refractivity contribution is 9.10. The number of hydrogen-bond donors (Lipinski definition) is 3. The number of aromatic carboxylic acids is 1. The Morgan fingerprint density at radius 3 is 2.25 bits per heavy atom. The summed E-state index contributed by atoms with van der Waals surface area (Å²) in [5.41, 5.74) is 0.535. The van der Waals surface area contributed by atoms with Gasteiger partial charge in [0.05, 0.1) is 16.1 Å². The summed E-state index contributed by atoms with van der Waals surface area (Å²) in [6.07, 6.45) is 0. The van der Waals surface area contributed by atoms with Gasteiger partial charge in [-0.25, -0.2) is 13.2 Å². The lowest BCUT2D eigenvalue weighted by atomic mass is 10.2. The first-order valence-corrected chi connectivity index (χ1v) is 8.90. The monoisotopic (exact) mass is 412 g/mol. The average molecular weight is 413 g/mol. The van der Waals surface area contributed by atoms with Gasteiger partial charge in [0.1, 0.15) is 0 Å². The van der Waals surface area contributed by atoms with Crippen molar-refractivity contribution in [2.24, 2.45) is 0 Å². The molecular weight excluding hydrogens is 400 g/mol. The van der Waals surface area contributed by atoms with Crippen molar-refractivity contribution < 1.29 is 23.1 Å². The number of carboxylic acid groups (broad SMARTS) is 1. The molecule has 24 heavy (non-hydrogen) atoms. The normalized spacial score (nSPS) is 10.9. The van der Waals surface area contributed by atoms with Gasteiger partial charge in [0.15, 0.2) is 0 Å². The van der Waals surface area contributed by atoms with Crippen molar-refractivity contribution in [3.05, 3.63) is 52.5 Å². The fraction of sp³-hybridized carbons (Fsp3) is 0.0667. The van der Waals surface area contributed by atoms with Crippen molar-refractivity contribution in [1.82, 2.24) is 0 Å². The summed E-state index contributed by atoms with van der Waals surface area (Å²) in [6.45, 7) is 1.35. The van der Waals surface area contributed by atoms with Gasteiger partial charge in [-0.05, 0) is 58.4 Å². The van der Waals surface area contributed by atoms with Crippen molar-refractivity contribution >= 4 is 49.2 Å². The molecule has 0 saturated heterocycles. The molecule has 9 heteroatoms. The van der Waals surface area contributed by atoms with E-state index >= 15 is 0 Å². The van der Waals surface area contributed by atoms with Crippen LogP contribution in [0.15, 0.2) is 51.8 Å². The Balaban J connectivity index is 2.30. The highest BCUT2D eigenvalue weighted by Crippen LogP contribution is 2.26. The predicted molar refractivity (Wildman–Crippen MR) is 92.7 cm³/mol. The molecule has 0 radical (unpaired) electrons. The van der Waals surface area contributed by atoms with E-state index in [1.54, 1.807) is 0 Å². The maximum Gasteiger partial charge on any atom is 0.335 e. The first-order valence-electron chi connectivity index (χ1n) is 6.62. The van der Waals surface area contributed by atoms with Crippen molar-refractivity contribution in [3.63, 3.8) is 0 Å². The standard InChI is InChI=1S/C15H13BrN2O5S/c1-9(19)17-11-3-5-12(6-4-11)24(22,23)18-14-8-10(15(20)21)2-7-13(14)16/h2-8,18H,1H3,(H,17,19)(H,20,21). The minimum atomic E-state index is -3.91. The number of carbonyl (C=O) groups excluding carboxylic acids is 1. The van der Waals surface area contributed by atoms with Gasteiger partial charge in [0.25, 0.3) is 10.0 Å². The van der Waals surface area contributed by atoms with Gasteiger partial charge in [-0.1, -0.05) is 0 Å². The Morgan fingerprint density at radius 2 is 1.71 bits per heavy atom. The smallest absolute Gasteiger partial charge is 0.335 e. The van der Waals surface area contributed by atoms with Crippen molar-refractivity contribution in [1.29, 1.82) is 0 Å². The van der Waals surface area contributed by atoms with Crippen LogP contribution < -0.4 is 10.0 Å². The third kappa shape index (κ3) is 4.33. The molecule has 2 aromatic rings. The van der Waals surface area contributed by atoms with Crippen LogP contribution in [0.5, 0.6) is 0 Å². The Hall–Kier alpha value is -2.39. The zero-order chi connectivity index (χ0) is 17.9. The van der Waals surface area contributed by atoms with Gasteiger partial charge in [0.2, 0.25) is 5.91 Å². The molecule has 126 valence electrons. The molecule has 3 N–H and O–H groups in total. The van der Waals surface area contributed by atoms with Gasteiger partial charge in [0, 0.05) is 17.1 Å². The van der Waals surface area contributed by atoms with Gasteiger partial charge >= 0.3 is 5.97 Å². The van der Waals surface area contributed by atoms with Crippen molar-refractivity contribution in [2.45, 2.75) is 11.8 Å². The molecule has 0 atom stereocenters. The Labute approximate surface area is 146 Å². The van der Waals surface area contributed by atoms with E-state index in [0.29, 0.717) is 10.2 Å². The number of hydrogen-bond acceptors (Lipinski definition) is 4. The molecule has 0 heterocycles. The number of halogens is 1. The van der Waals surface area contributed by atoms with Crippen LogP contribution in [0.4, 0.5) is 11.4 Å². The van der Waals surface area contributed by atoms with E-state index in [-0.39, 0.29) is 22.1 Å². The van der Waals surface area contributed by atoms with E-state index in [0.717, 1.165) is 0 Å². The molecule has 2 aromatic carbocycles. The van der Waals surface area contributed by atoms with Crippen molar-refractivity contribution in [2.75, 3.05) is 10.0 Å². The zero-order valence-corrected chi connectivity index (χ0v) is 14.8. The highest BCUT2D eigenvalue weighted by Gasteiger charge is 2.17. The maximum absolute atomic E-state index is 12.4. The zero-order valence-electron chi connectivity index (χ0n) is 12.4. The third-order valence-corrected chi connectivity index (χ3v) is 5.02. The number of anilines is 2. The molecule has 1 amide bonds. The van der Waals surface area contributed by atoms with Crippen LogP contribution in [0, 0.1) is 0 Å². The molecule has 0 aliphatic rings. The number of carboxylic acids is 1. The van der Waals surface area contributed by atoms with Crippen LogP contribution in [-0.4, -0.2) is 25.4 Å². The number of rotatable bonds is 5. The molecule has 0 bridgehead atoms. The Bertz CT molecular complexity index is 895. The summed E-state index contributed by atoms with van der Waals surface area (Å²) in [7, 11) is -3.91. The number of nitrogens with one attached hydrogen (secondary N) is 2. The average Bonchev–Trinajstić information content (AvgIpc) is 2.49. The highest BCUT2D eigenvalue weighted by atomic mass is 79.9. The van der Waals surface area contributed by atoms with Gasteiger partial charge in [-0.2, -0.15) is 0 Å². The molecule has 0 aromatic heterocycles.